The second kappa shape index (κ2) is 8.54. The molecule has 0 unspecified atom stereocenters. The molecule has 0 aliphatic carbocycles. The van der Waals surface area contributed by atoms with Gasteiger partial charge in [0.2, 0.25) is 0 Å². The van der Waals surface area contributed by atoms with Crippen LogP contribution in [0.15, 0.2) is 83.9 Å². The summed E-state index contributed by atoms with van der Waals surface area (Å²) in [5.74, 6) is -0.974. The van der Waals surface area contributed by atoms with Crippen LogP contribution in [0.5, 0.6) is 5.75 Å². The van der Waals surface area contributed by atoms with Crippen LogP contribution in [0.3, 0.4) is 0 Å². The first-order chi connectivity index (χ1) is 15.3. The number of carbonyl (C=O) groups is 1. The lowest BCUT2D eigenvalue weighted by atomic mass is 10.2. The van der Waals surface area contributed by atoms with Crippen molar-refractivity contribution < 1.29 is 27.4 Å². The number of esters is 1. The number of halogens is 3. The Morgan fingerprint density at radius 3 is 2.31 bits per heavy atom. The monoisotopic (exact) mass is 440 g/mol. The van der Waals surface area contributed by atoms with Crippen molar-refractivity contribution in [3.05, 3.63) is 101 Å². The Bertz CT molecular complexity index is 1310. The topological polar surface area (TPSA) is 70.4 Å². The number of aromatic nitrogens is 2. The number of carbonyl (C=O) groups excluding carboxylic acids is 1. The first-order valence-corrected chi connectivity index (χ1v) is 9.39. The highest BCUT2D eigenvalue weighted by atomic mass is 19.4. The van der Waals surface area contributed by atoms with Crippen molar-refractivity contribution in [2.45, 2.75) is 13.0 Å². The number of rotatable bonds is 5. The number of hydrogen-bond acceptors (Lipinski definition) is 5. The van der Waals surface area contributed by atoms with E-state index in [4.69, 9.17) is 4.74 Å². The minimum absolute atomic E-state index is 0.124. The Labute approximate surface area is 179 Å². The van der Waals surface area contributed by atoms with Crippen LogP contribution in [0.2, 0.25) is 0 Å². The van der Waals surface area contributed by atoms with Crippen LogP contribution in [0.25, 0.3) is 16.6 Å². The molecule has 0 saturated carbocycles. The summed E-state index contributed by atoms with van der Waals surface area (Å²) in [7, 11) is 0. The molecule has 6 nitrogen and oxygen atoms in total. The lowest BCUT2D eigenvalue weighted by Crippen LogP contribution is -2.18. The van der Waals surface area contributed by atoms with Crippen molar-refractivity contribution in [2.75, 3.05) is 0 Å². The number of ether oxygens (including phenoxy) is 2. The molecule has 0 aliphatic heterocycles. The van der Waals surface area contributed by atoms with Crippen molar-refractivity contribution in [3.63, 3.8) is 0 Å². The number of benzene rings is 3. The molecule has 3 aromatic carbocycles. The van der Waals surface area contributed by atoms with Gasteiger partial charge in [0.25, 0.3) is 5.56 Å². The van der Waals surface area contributed by atoms with Crippen LogP contribution in [-0.2, 0) is 11.3 Å². The third kappa shape index (κ3) is 4.77. The number of nitrogens with zero attached hydrogens (tertiary/aromatic N) is 2. The summed E-state index contributed by atoms with van der Waals surface area (Å²) in [6, 6.07) is 18.2. The fourth-order valence-corrected chi connectivity index (χ4v) is 3.03. The van der Waals surface area contributed by atoms with Crippen molar-refractivity contribution >= 4 is 16.9 Å². The van der Waals surface area contributed by atoms with E-state index in [9.17, 15) is 22.8 Å². The van der Waals surface area contributed by atoms with Gasteiger partial charge in [0.05, 0.1) is 22.2 Å². The predicted molar refractivity (Wildman–Crippen MR) is 110 cm³/mol. The van der Waals surface area contributed by atoms with E-state index in [1.807, 2.05) is 0 Å². The highest BCUT2D eigenvalue weighted by Gasteiger charge is 2.30. The molecule has 0 aliphatic rings. The normalized spacial score (nSPS) is 11.3. The summed E-state index contributed by atoms with van der Waals surface area (Å²) < 4.78 is 47.0. The number of hydrogen-bond donors (Lipinski definition) is 0. The Balaban J connectivity index is 1.43. The van der Waals surface area contributed by atoms with Crippen LogP contribution in [0, 0.1) is 0 Å². The van der Waals surface area contributed by atoms with Gasteiger partial charge in [0, 0.05) is 0 Å². The Morgan fingerprint density at radius 1 is 0.938 bits per heavy atom. The fourth-order valence-electron chi connectivity index (χ4n) is 3.03. The van der Waals surface area contributed by atoms with E-state index in [0.717, 1.165) is 12.1 Å². The number of alkyl halides is 3. The quantitative estimate of drug-likeness (QED) is 0.423. The molecule has 0 atom stereocenters. The zero-order valence-electron chi connectivity index (χ0n) is 16.4. The third-order valence-corrected chi connectivity index (χ3v) is 4.57. The molecule has 0 fully saturated rings. The van der Waals surface area contributed by atoms with Gasteiger partial charge < -0.3 is 9.47 Å². The molecule has 0 radical (unpaired) electrons. The average Bonchev–Trinajstić information content (AvgIpc) is 2.78. The maximum atomic E-state index is 12.7. The molecule has 9 heteroatoms. The van der Waals surface area contributed by atoms with Crippen LogP contribution in [0.1, 0.15) is 15.9 Å². The summed E-state index contributed by atoms with van der Waals surface area (Å²) >= 11 is 0. The third-order valence-electron chi connectivity index (χ3n) is 4.57. The fraction of sp³-hybridized carbons (Fsp3) is 0.0870. The predicted octanol–water partition coefficient (Wildman–Crippen LogP) is 4.64. The molecule has 0 N–H and O–H groups in total. The van der Waals surface area contributed by atoms with Crippen LogP contribution >= 0.6 is 0 Å². The number of para-hydroxylation sites is 1. The standard InChI is InChI=1S/C23H15F3N2O4/c24-23(25,26)32-18-11-5-15(6-12-18)13-31-22(30)16-7-9-17(10-8-16)28-14-27-20-4-2-1-3-19(20)21(28)29/h1-12,14H,13H2. The SMILES string of the molecule is O=C(OCc1ccc(OC(F)(F)F)cc1)c1ccc(-n2cnc3ccccc3c2=O)cc1. The molecule has 4 rings (SSSR count). The molecule has 0 amide bonds. The minimum Gasteiger partial charge on any atom is -0.457 e. The molecule has 0 saturated heterocycles. The lowest BCUT2D eigenvalue weighted by Gasteiger charge is -2.10. The Morgan fingerprint density at radius 2 is 1.62 bits per heavy atom. The summed E-state index contributed by atoms with van der Waals surface area (Å²) in [6.45, 7) is -0.124. The molecular formula is C23H15F3N2O4. The first-order valence-electron chi connectivity index (χ1n) is 9.39. The Hall–Kier alpha value is -4.14. The van der Waals surface area contributed by atoms with Gasteiger partial charge in [-0.1, -0.05) is 24.3 Å². The molecule has 0 spiro atoms. The second-order valence-electron chi connectivity index (χ2n) is 6.75. The van der Waals surface area contributed by atoms with Gasteiger partial charge in [0.15, 0.2) is 0 Å². The van der Waals surface area contributed by atoms with E-state index in [0.29, 0.717) is 22.2 Å². The summed E-state index contributed by atoms with van der Waals surface area (Å²) in [6.07, 6.45) is -3.35. The van der Waals surface area contributed by atoms with Gasteiger partial charge in [-0.15, -0.1) is 13.2 Å². The first kappa shape index (κ1) is 21.1. The van der Waals surface area contributed by atoms with Crippen LogP contribution < -0.4 is 10.3 Å². The second-order valence-corrected chi connectivity index (χ2v) is 6.75. The molecule has 32 heavy (non-hydrogen) atoms. The van der Waals surface area contributed by atoms with E-state index < -0.39 is 12.3 Å². The van der Waals surface area contributed by atoms with Gasteiger partial charge in [-0.2, -0.15) is 0 Å². The van der Waals surface area contributed by atoms with Crippen molar-refractivity contribution in [3.8, 4) is 11.4 Å². The summed E-state index contributed by atoms with van der Waals surface area (Å²) in [4.78, 5) is 29.2. The van der Waals surface area contributed by atoms with Crippen molar-refractivity contribution in [1.29, 1.82) is 0 Å². The molecule has 162 valence electrons. The average molecular weight is 440 g/mol. The zero-order valence-corrected chi connectivity index (χ0v) is 16.4. The minimum atomic E-state index is -4.77. The maximum absolute atomic E-state index is 12.7. The molecule has 4 aromatic rings. The van der Waals surface area contributed by atoms with Crippen molar-refractivity contribution in [2.24, 2.45) is 0 Å². The van der Waals surface area contributed by atoms with Gasteiger partial charge in [-0.3, -0.25) is 9.36 Å². The van der Waals surface area contributed by atoms with Crippen LogP contribution in [-0.4, -0.2) is 21.9 Å². The summed E-state index contributed by atoms with van der Waals surface area (Å²) in [5, 5.41) is 0.477. The van der Waals surface area contributed by atoms with E-state index in [1.54, 1.807) is 36.4 Å². The lowest BCUT2D eigenvalue weighted by molar-refractivity contribution is -0.274. The van der Waals surface area contributed by atoms with Crippen LogP contribution in [0.4, 0.5) is 13.2 Å². The van der Waals surface area contributed by atoms with Gasteiger partial charge in [-0.05, 0) is 54.1 Å². The molecule has 1 heterocycles. The van der Waals surface area contributed by atoms with Gasteiger partial charge in [0.1, 0.15) is 18.7 Å². The largest absolute Gasteiger partial charge is 0.573 e. The number of fused-ring (bicyclic) bond motifs is 1. The zero-order chi connectivity index (χ0) is 22.7. The smallest absolute Gasteiger partial charge is 0.457 e. The van der Waals surface area contributed by atoms with Gasteiger partial charge >= 0.3 is 12.3 Å². The molecule has 0 bridgehead atoms. The highest BCUT2D eigenvalue weighted by molar-refractivity contribution is 5.89. The highest BCUT2D eigenvalue weighted by Crippen LogP contribution is 2.23. The molecular weight excluding hydrogens is 425 g/mol. The van der Waals surface area contributed by atoms with Crippen molar-refractivity contribution in [1.82, 2.24) is 9.55 Å². The van der Waals surface area contributed by atoms with E-state index >= 15 is 0 Å². The van der Waals surface area contributed by atoms with E-state index in [1.165, 1.54) is 35.2 Å². The Kier molecular flexibility index (Phi) is 5.63. The van der Waals surface area contributed by atoms with E-state index in [2.05, 4.69) is 9.72 Å². The molecule has 1 aromatic heterocycles. The van der Waals surface area contributed by atoms with E-state index in [-0.39, 0.29) is 23.5 Å². The van der Waals surface area contributed by atoms with Gasteiger partial charge in [-0.25, -0.2) is 9.78 Å². The maximum Gasteiger partial charge on any atom is 0.573 e. The summed E-state index contributed by atoms with van der Waals surface area (Å²) in [5.41, 5.74) is 1.65.